The van der Waals surface area contributed by atoms with Crippen LogP contribution in [0.2, 0.25) is 0 Å². The summed E-state index contributed by atoms with van der Waals surface area (Å²) >= 11 is 0. The molecule has 2 aromatic heterocycles. The van der Waals surface area contributed by atoms with Crippen molar-refractivity contribution >= 4 is 0 Å². The largest absolute Gasteiger partial charge is 0.248 e. The second-order valence-electron chi connectivity index (χ2n) is 5.99. The number of halogens is 4. The third-order valence-corrected chi connectivity index (χ3v) is 4.17. The molecule has 138 valence electrons. The van der Waals surface area contributed by atoms with Crippen LogP contribution < -0.4 is 0 Å². The lowest BCUT2D eigenvalue weighted by Crippen LogP contribution is -1.96. The van der Waals surface area contributed by atoms with Crippen LogP contribution in [-0.2, 0) is 0 Å². The second-order valence-corrected chi connectivity index (χ2v) is 5.99. The molecule has 0 unspecified atom stereocenters. The Labute approximate surface area is 157 Å². The van der Waals surface area contributed by atoms with Crippen LogP contribution in [0.25, 0.3) is 33.6 Å². The zero-order valence-electron chi connectivity index (χ0n) is 14.2. The van der Waals surface area contributed by atoms with Gasteiger partial charge in [-0.05, 0) is 29.8 Å². The molecule has 0 aliphatic rings. The summed E-state index contributed by atoms with van der Waals surface area (Å²) in [4.78, 5) is 3.71. The van der Waals surface area contributed by atoms with Gasteiger partial charge in [-0.3, -0.25) is 0 Å². The van der Waals surface area contributed by atoms with Gasteiger partial charge >= 0.3 is 0 Å². The Morgan fingerprint density at radius 1 is 0.643 bits per heavy atom. The Morgan fingerprint density at radius 3 is 2.21 bits per heavy atom. The smallest absolute Gasteiger partial charge is 0.154 e. The van der Waals surface area contributed by atoms with E-state index in [-0.39, 0.29) is 22.5 Å². The van der Waals surface area contributed by atoms with Gasteiger partial charge in [0.2, 0.25) is 0 Å². The molecule has 0 N–H and O–H groups in total. The summed E-state index contributed by atoms with van der Waals surface area (Å²) < 4.78 is 55.4. The molecule has 0 saturated carbocycles. The van der Waals surface area contributed by atoms with Gasteiger partial charge in [0.25, 0.3) is 0 Å². The minimum Gasteiger partial charge on any atom is -0.248 e. The Morgan fingerprint density at radius 2 is 1.43 bits per heavy atom. The van der Waals surface area contributed by atoms with Gasteiger partial charge in [-0.2, -0.15) is 5.10 Å². The van der Waals surface area contributed by atoms with Crippen molar-refractivity contribution in [2.75, 3.05) is 0 Å². The van der Waals surface area contributed by atoms with Crippen LogP contribution in [0.1, 0.15) is 0 Å². The molecule has 2 heterocycles. The Bertz CT molecular complexity index is 1180. The molecule has 0 bridgehead atoms. The van der Waals surface area contributed by atoms with Gasteiger partial charge in [0.15, 0.2) is 5.82 Å². The van der Waals surface area contributed by atoms with Crippen LogP contribution in [0.4, 0.5) is 17.6 Å². The molecule has 0 radical (unpaired) electrons. The molecule has 28 heavy (non-hydrogen) atoms. The number of pyridine rings is 1. The van der Waals surface area contributed by atoms with Crippen molar-refractivity contribution in [2.45, 2.75) is 0 Å². The molecule has 0 aliphatic carbocycles. The van der Waals surface area contributed by atoms with E-state index in [9.17, 15) is 17.6 Å². The molecular formula is C21H11F4N3. The SMILES string of the molecule is Fc1cnc(-c2cc(-c3ccc(F)c(-c4ccccc4F)c3)cnn2)c(F)c1. The number of hydrogen-bond donors (Lipinski definition) is 0. The first kappa shape index (κ1) is 17.8. The number of rotatable bonds is 3. The van der Waals surface area contributed by atoms with E-state index in [2.05, 4.69) is 15.2 Å². The quantitative estimate of drug-likeness (QED) is 0.444. The maximum atomic E-state index is 14.3. The number of nitrogens with zero attached hydrogens (tertiary/aromatic N) is 3. The topological polar surface area (TPSA) is 38.7 Å². The van der Waals surface area contributed by atoms with Gasteiger partial charge in [0.1, 0.15) is 28.8 Å². The fourth-order valence-electron chi connectivity index (χ4n) is 2.83. The monoisotopic (exact) mass is 381 g/mol. The molecule has 0 spiro atoms. The van der Waals surface area contributed by atoms with E-state index < -0.39 is 23.3 Å². The van der Waals surface area contributed by atoms with E-state index >= 15 is 0 Å². The molecular weight excluding hydrogens is 370 g/mol. The lowest BCUT2D eigenvalue weighted by Gasteiger charge is -2.09. The third kappa shape index (κ3) is 3.34. The first-order chi connectivity index (χ1) is 13.5. The van der Waals surface area contributed by atoms with Crippen LogP contribution in [0.3, 0.4) is 0 Å². The lowest BCUT2D eigenvalue weighted by atomic mass is 9.98. The normalized spacial score (nSPS) is 10.9. The van der Waals surface area contributed by atoms with Gasteiger partial charge < -0.3 is 0 Å². The predicted molar refractivity (Wildman–Crippen MR) is 96.0 cm³/mol. The summed E-state index contributed by atoms with van der Waals surface area (Å²) in [5.74, 6) is -2.82. The van der Waals surface area contributed by atoms with Crippen molar-refractivity contribution in [3.63, 3.8) is 0 Å². The number of aromatic nitrogens is 3. The van der Waals surface area contributed by atoms with E-state index in [0.29, 0.717) is 17.2 Å². The highest BCUT2D eigenvalue weighted by Crippen LogP contribution is 2.31. The summed E-state index contributed by atoms with van der Waals surface area (Å²) in [6, 6.07) is 12.2. The van der Waals surface area contributed by atoms with Crippen molar-refractivity contribution in [3.8, 4) is 33.6 Å². The van der Waals surface area contributed by atoms with Crippen molar-refractivity contribution < 1.29 is 17.6 Å². The van der Waals surface area contributed by atoms with Gasteiger partial charge in [0.05, 0.1) is 12.4 Å². The minimum absolute atomic E-state index is 0.0834. The highest BCUT2D eigenvalue weighted by atomic mass is 19.1. The van der Waals surface area contributed by atoms with Crippen LogP contribution in [0.15, 0.2) is 67.0 Å². The molecule has 0 aliphatic heterocycles. The van der Waals surface area contributed by atoms with Crippen LogP contribution >= 0.6 is 0 Å². The average Bonchev–Trinajstić information content (AvgIpc) is 2.69. The van der Waals surface area contributed by atoms with Gasteiger partial charge in [-0.25, -0.2) is 22.5 Å². The summed E-state index contributed by atoms with van der Waals surface area (Å²) in [5.41, 5.74) is 1.15. The molecule has 3 nitrogen and oxygen atoms in total. The van der Waals surface area contributed by atoms with Crippen LogP contribution in [0.5, 0.6) is 0 Å². The van der Waals surface area contributed by atoms with Gasteiger partial charge in [-0.15, -0.1) is 5.10 Å². The predicted octanol–water partition coefficient (Wildman–Crippen LogP) is 5.43. The molecule has 4 aromatic rings. The Hall–Kier alpha value is -3.61. The summed E-state index contributed by atoms with van der Waals surface area (Å²) in [7, 11) is 0. The molecule has 7 heteroatoms. The molecule has 0 amide bonds. The molecule has 0 saturated heterocycles. The van der Waals surface area contributed by atoms with E-state index in [1.165, 1.54) is 48.7 Å². The summed E-state index contributed by atoms with van der Waals surface area (Å²) in [6.07, 6.45) is 2.28. The molecule has 0 atom stereocenters. The number of hydrogen-bond acceptors (Lipinski definition) is 3. The number of benzene rings is 2. The van der Waals surface area contributed by atoms with Crippen molar-refractivity contribution in [2.24, 2.45) is 0 Å². The average molecular weight is 381 g/mol. The van der Waals surface area contributed by atoms with Crippen LogP contribution in [0, 0.1) is 23.3 Å². The van der Waals surface area contributed by atoms with E-state index in [1.54, 1.807) is 6.07 Å². The maximum Gasteiger partial charge on any atom is 0.154 e. The summed E-state index contributed by atoms with van der Waals surface area (Å²) in [6.45, 7) is 0. The maximum absolute atomic E-state index is 14.3. The Balaban J connectivity index is 1.80. The van der Waals surface area contributed by atoms with E-state index in [0.717, 1.165) is 6.20 Å². The molecule has 2 aromatic carbocycles. The zero-order valence-corrected chi connectivity index (χ0v) is 14.2. The van der Waals surface area contributed by atoms with Crippen molar-refractivity contribution in [1.29, 1.82) is 0 Å². The van der Waals surface area contributed by atoms with E-state index in [1.807, 2.05) is 0 Å². The highest BCUT2D eigenvalue weighted by molar-refractivity contribution is 5.75. The second kappa shape index (κ2) is 7.19. The van der Waals surface area contributed by atoms with E-state index in [4.69, 9.17) is 0 Å². The third-order valence-electron chi connectivity index (χ3n) is 4.17. The van der Waals surface area contributed by atoms with Gasteiger partial charge in [0, 0.05) is 22.8 Å². The first-order valence-corrected chi connectivity index (χ1v) is 8.22. The fourth-order valence-corrected chi connectivity index (χ4v) is 2.83. The summed E-state index contributed by atoms with van der Waals surface area (Å²) in [5, 5.41) is 7.65. The standard InChI is InChI=1S/C21H11F4N3/c22-14-9-19(25)21(26-11-14)20-8-13(10-27-28-20)12-5-6-18(24)16(7-12)15-3-1-2-4-17(15)23/h1-11H. The Kier molecular flexibility index (Phi) is 4.57. The minimum atomic E-state index is -0.877. The van der Waals surface area contributed by atoms with Gasteiger partial charge in [-0.1, -0.05) is 24.3 Å². The first-order valence-electron chi connectivity index (χ1n) is 8.22. The van der Waals surface area contributed by atoms with Crippen LogP contribution in [-0.4, -0.2) is 15.2 Å². The zero-order chi connectivity index (χ0) is 19.7. The molecule has 0 fully saturated rings. The highest BCUT2D eigenvalue weighted by Gasteiger charge is 2.14. The van der Waals surface area contributed by atoms with Crippen molar-refractivity contribution in [1.82, 2.24) is 15.2 Å². The fraction of sp³-hybridized carbons (Fsp3) is 0. The van der Waals surface area contributed by atoms with Crippen molar-refractivity contribution in [3.05, 3.63) is 90.3 Å². The lowest BCUT2D eigenvalue weighted by molar-refractivity contribution is 0.575. The molecule has 4 rings (SSSR count).